The topological polar surface area (TPSA) is 88.0 Å². The first kappa shape index (κ1) is 30.9. The Hall–Kier alpha value is -3.55. The quantitative estimate of drug-likeness (QED) is 0.420. The van der Waals surface area contributed by atoms with Crippen molar-refractivity contribution in [3.05, 3.63) is 77.4 Å². The summed E-state index contributed by atoms with van der Waals surface area (Å²) in [6, 6.07) is 20.9. The van der Waals surface area contributed by atoms with Gasteiger partial charge in [-0.05, 0) is 99.2 Å². The fourth-order valence-electron chi connectivity index (χ4n) is 6.00. The lowest BCUT2D eigenvalue weighted by Crippen LogP contribution is -2.34. The normalized spacial score (nSPS) is 17.7. The molecule has 0 atom stereocenters. The van der Waals surface area contributed by atoms with Gasteiger partial charge in [-0.15, -0.1) is 0 Å². The minimum absolute atomic E-state index is 0.0187. The Kier molecular flexibility index (Phi) is 9.62. The van der Waals surface area contributed by atoms with Gasteiger partial charge in [0.2, 0.25) is 0 Å². The van der Waals surface area contributed by atoms with Crippen LogP contribution in [0.15, 0.2) is 65.6 Å². The largest absolute Gasteiger partial charge is 0.337 e. The van der Waals surface area contributed by atoms with Crippen molar-refractivity contribution >= 4 is 15.7 Å². The Morgan fingerprint density at radius 2 is 1.44 bits per heavy atom. The summed E-state index contributed by atoms with van der Waals surface area (Å²) < 4.78 is 24.3. The van der Waals surface area contributed by atoms with Crippen molar-refractivity contribution < 1.29 is 13.2 Å². The van der Waals surface area contributed by atoms with Crippen LogP contribution in [0, 0.1) is 11.3 Å². The third kappa shape index (κ3) is 7.51. The van der Waals surface area contributed by atoms with E-state index in [-0.39, 0.29) is 10.8 Å². The van der Waals surface area contributed by atoms with Gasteiger partial charge >= 0.3 is 0 Å². The molecule has 226 valence electrons. The SMILES string of the molecule is CN1CCCN(Cc2ccc(-c3ccc(C(=O)N4CCCN(C)CC4)cc3-c3ccc(S(C)(=O)=O)cc3)c(C#N)c2)CC1. The first-order valence-electron chi connectivity index (χ1n) is 15.0. The molecule has 0 bridgehead atoms. The van der Waals surface area contributed by atoms with Crippen molar-refractivity contribution in [2.45, 2.75) is 24.3 Å². The van der Waals surface area contributed by atoms with Gasteiger partial charge in [-0.2, -0.15) is 5.26 Å². The second kappa shape index (κ2) is 13.4. The molecule has 2 heterocycles. The zero-order chi connectivity index (χ0) is 30.6. The Morgan fingerprint density at radius 3 is 2.14 bits per heavy atom. The van der Waals surface area contributed by atoms with E-state index >= 15 is 0 Å². The summed E-state index contributed by atoms with van der Waals surface area (Å²) in [4.78, 5) is 22.8. The van der Waals surface area contributed by atoms with Crippen molar-refractivity contribution in [3.63, 3.8) is 0 Å². The molecule has 3 aromatic rings. The molecule has 0 saturated carbocycles. The van der Waals surface area contributed by atoms with E-state index in [1.54, 1.807) is 24.3 Å². The Balaban J connectivity index is 1.52. The third-order valence-electron chi connectivity index (χ3n) is 8.58. The molecule has 8 nitrogen and oxygen atoms in total. The number of nitrogens with zero attached hydrogens (tertiary/aromatic N) is 5. The average molecular weight is 600 g/mol. The maximum Gasteiger partial charge on any atom is 0.253 e. The lowest BCUT2D eigenvalue weighted by Gasteiger charge is -2.22. The molecular weight excluding hydrogens is 558 g/mol. The predicted octanol–water partition coefficient (Wildman–Crippen LogP) is 4.21. The van der Waals surface area contributed by atoms with Crippen LogP contribution in [0.1, 0.15) is 34.3 Å². The molecule has 0 unspecified atom stereocenters. The van der Waals surface area contributed by atoms with E-state index in [4.69, 9.17) is 0 Å². The number of carbonyl (C=O) groups is 1. The monoisotopic (exact) mass is 599 g/mol. The van der Waals surface area contributed by atoms with E-state index in [0.717, 1.165) is 86.5 Å². The minimum Gasteiger partial charge on any atom is -0.337 e. The molecule has 2 fully saturated rings. The maximum atomic E-state index is 13.6. The van der Waals surface area contributed by atoms with Crippen molar-refractivity contribution in [1.29, 1.82) is 5.26 Å². The molecule has 1 amide bonds. The summed E-state index contributed by atoms with van der Waals surface area (Å²) in [7, 11) is 0.876. The van der Waals surface area contributed by atoms with Gasteiger partial charge in [-0.1, -0.05) is 30.3 Å². The number of nitriles is 1. The van der Waals surface area contributed by atoms with Crippen LogP contribution in [0.3, 0.4) is 0 Å². The summed E-state index contributed by atoms with van der Waals surface area (Å²) >= 11 is 0. The standard InChI is InChI=1S/C34H41N5O3S/c1-36-14-4-16-38(20-18-36)25-26-6-12-31(29(22-26)24-35)32-13-9-28(34(40)39-17-5-15-37(2)19-21-39)23-33(32)27-7-10-30(11-8-27)43(3,41)42/h6-13,22-23H,4-5,14-21,25H2,1-3H3. The molecule has 0 N–H and O–H groups in total. The second-order valence-electron chi connectivity index (χ2n) is 11.9. The fraction of sp³-hybridized carbons (Fsp3) is 0.412. The van der Waals surface area contributed by atoms with Gasteiger partial charge in [-0.25, -0.2) is 8.42 Å². The highest BCUT2D eigenvalue weighted by atomic mass is 32.2. The summed E-state index contributed by atoms with van der Waals surface area (Å²) in [5.74, 6) is -0.0187. The van der Waals surface area contributed by atoms with Crippen molar-refractivity contribution in [2.24, 2.45) is 0 Å². The Morgan fingerprint density at radius 1 is 0.767 bits per heavy atom. The van der Waals surface area contributed by atoms with Crippen LogP contribution in [-0.2, 0) is 16.4 Å². The van der Waals surface area contributed by atoms with E-state index < -0.39 is 9.84 Å². The molecule has 0 radical (unpaired) electrons. The number of amides is 1. The summed E-state index contributed by atoms with van der Waals surface area (Å²) in [6.07, 6.45) is 3.24. The highest BCUT2D eigenvalue weighted by Gasteiger charge is 2.22. The van der Waals surface area contributed by atoms with Crippen LogP contribution in [-0.4, -0.2) is 107 Å². The van der Waals surface area contributed by atoms with Gasteiger partial charge in [0.15, 0.2) is 9.84 Å². The van der Waals surface area contributed by atoms with E-state index in [1.807, 2.05) is 35.2 Å². The fourth-order valence-corrected chi connectivity index (χ4v) is 6.63. The molecule has 9 heteroatoms. The first-order valence-corrected chi connectivity index (χ1v) is 16.9. The molecule has 5 rings (SSSR count). The second-order valence-corrected chi connectivity index (χ2v) is 13.9. The highest BCUT2D eigenvalue weighted by Crippen LogP contribution is 2.36. The van der Waals surface area contributed by atoms with E-state index in [9.17, 15) is 18.5 Å². The summed E-state index contributed by atoms with van der Waals surface area (Å²) in [5.41, 5.74) is 5.46. The third-order valence-corrected chi connectivity index (χ3v) is 9.71. The number of benzene rings is 3. The van der Waals surface area contributed by atoms with Crippen molar-refractivity contribution in [1.82, 2.24) is 19.6 Å². The van der Waals surface area contributed by atoms with E-state index in [0.29, 0.717) is 24.2 Å². The molecular formula is C34H41N5O3S. The summed E-state index contributed by atoms with van der Waals surface area (Å²) in [6.45, 7) is 8.11. The summed E-state index contributed by atoms with van der Waals surface area (Å²) in [5, 5.41) is 10.2. The lowest BCUT2D eigenvalue weighted by atomic mass is 9.89. The first-order chi connectivity index (χ1) is 20.6. The van der Waals surface area contributed by atoms with Crippen LogP contribution in [0.2, 0.25) is 0 Å². The number of rotatable bonds is 6. The zero-order valence-corrected chi connectivity index (χ0v) is 26.2. The molecule has 2 aliphatic heterocycles. The van der Waals surface area contributed by atoms with E-state index in [2.05, 4.69) is 40.9 Å². The molecule has 0 aliphatic carbocycles. The molecule has 3 aromatic carbocycles. The van der Waals surface area contributed by atoms with Gasteiger partial charge < -0.3 is 14.7 Å². The maximum absolute atomic E-state index is 13.6. The van der Waals surface area contributed by atoms with Gasteiger partial charge in [-0.3, -0.25) is 9.69 Å². The lowest BCUT2D eigenvalue weighted by molar-refractivity contribution is 0.0763. The van der Waals surface area contributed by atoms with Crippen LogP contribution >= 0.6 is 0 Å². The van der Waals surface area contributed by atoms with Crippen LogP contribution in [0.4, 0.5) is 0 Å². The molecule has 43 heavy (non-hydrogen) atoms. The minimum atomic E-state index is -3.36. The van der Waals surface area contributed by atoms with Gasteiger partial charge in [0.05, 0.1) is 16.5 Å². The van der Waals surface area contributed by atoms with Crippen LogP contribution < -0.4 is 0 Å². The van der Waals surface area contributed by atoms with Crippen LogP contribution in [0.5, 0.6) is 0 Å². The van der Waals surface area contributed by atoms with Gasteiger partial charge in [0.25, 0.3) is 5.91 Å². The molecule has 2 saturated heterocycles. The van der Waals surface area contributed by atoms with E-state index in [1.165, 1.54) is 6.26 Å². The Bertz CT molecular complexity index is 1610. The molecule has 0 aromatic heterocycles. The smallest absolute Gasteiger partial charge is 0.253 e. The number of carbonyl (C=O) groups excluding carboxylic acids is 1. The van der Waals surface area contributed by atoms with Gasteiger partial charge in [0.1, 0.15) is 0 Å². The molecule has 0 spiro atoms. The average Bonchev–Trinajstić information content (AvgIpc) is 3.35. The predicted molar refractivity (Wildman–Crippen MR) is 171 cm³/mol. The number of sulfone groups is 1. The highest BCUT2D eigenvalue weighted by molar-refractivity contribution is 7.90. The number of hydrogen-bond acceptors (Lipinski definition) is 7. The molecule has 2 aliphatic rings. The van der Waals surface area contributed by atoms with Crippen molar-refractivity contribution in [3.8, 4) is 28.3 Å². The Labute approximate surface area is 256 Å². The number of likely N-dealkylation sites (N-methyl/N-ethyl adjacent to an activating group) is 2. The van der Waals surface area contributed by atoms with Gasteiger partial charge in [0, 0.05) is 56.7 Å². The zero-order valence-electron chi connectivity index (χ0n) is 25.4. The van der Waals surface area contributed by atoms with Crippen LogP contribution in [0.25, 0.3) is 22.3 Å². The number of hydrogen-bond donors (Lipinski definition) is 0. The van der Waals surface area contributed by atoms with Crippen molar-refractivity contribution in [2.75, 3.05) is 72.7 Å².